The van der Waals surface area contributed by atoms with Gasteiger partial charge in [0.2, 0.25) is 5.91 Å². The van der Waals surface area contributed by atoms with E-state index in [1.807, 2.05) is 0 Å². The van der Waals surface area contributed by atoms with Gasteiger partial charge < -0.3 is 15.1 Å². The zero-order valence-corrected chi connectivity index (χ0v) is 9.72. The zero-order valence-electron chi connectivity index (χ0n) is 9.72. The lowest BCUT2D eigenvalue weighted by molar-refractivity contribution is -0.148. The SMILES string of the molecule is O=C(O)C(c1cccc(F)c1F)N1CC(O)CC1=O. The quantitative estimate of drug-likeness (QED) is 0.847. The lowest BCUT2D eigenvalue weighted by atomic mass is 10.0. The van der Waals surface area contributed by atoms with Crippen LogP contribution in [0.2, 0.25) is 0 Å². The molecule has 1 saturated heterocycles. The molecule has 0 spiro atoms. The molecule has 1 aromatic rings. The summed E-state index contributed by atoms with van der Waals surface area (Å²) in [6.07, 6.45) is -1.22. The molecule has 1 amide bonds. The molecule has 2 rings (SSSR count). The minimum absolute atomic E-state index is 0.217. The third-order valence-corrected chi connectivity index (χ3v) is 2.96. The summed E-state index contributed by atoms with van der Waals surface area (Å²) in [6, 6.07) is 1.49. The maximum absolute atomic E-state index is 13.7. The van der Waals surface area contributed by atoms with E-state index in [0.29, 0.717) is 0 Å². The number of nitrogens with zero attached hydrogens (tertiary/aromatic N) is 1. The first-order chi connectivity index (χ1) is 8.91. The molecule has 102 valence electrons. The van der Waals surface area contributed by atoms with E-state index in [-0.39, 0.29) is 13.0 Å². The molecular weight excluding hydrogens is 260 g/mol. The van der Waals surface area contributed by atoms with Crippen LogP contribution in [0.3, 0.4) is 0 Å². The Morgan fingerprint density at radius 3 is 2.63 bits per heavy atom. The highest BCUT2D eigenvalue weighted by Gasteiger charge is 2.39. The molecule has 19 heavy (non-hydrogen) atoms. The lowest BCUT2D eigenvalue weighted by Crippen LogP contribution is -2.36. The number of halogens is 2. The summed E-state index contributed by atoms with van der Waals surface area (Å²) < 4.78 is 26.8. The van der Waals surface area contributed by atoms with Gasteiger partial charge in [-0.05, 0) is 6.07 Å². The van der Waals surface area contributed by atoms with Crippen molar-refractivity contribution in [3.05, 3.63) is 35.4 Å². The van der Waals surface area contributed by atoms with Gasteiger partial charge >= 0.3 is 5.97 Å². The number of aliphatic hydroxyl groups is 1. The summed E-state index contributed by atoms with van der Waals surface area (Å²) in [6.45, 7) is -0.217. The predicted octanol–water partition coefficient (Wildman–Crippen LogP) is 0.684. The Morgan fingerprint density at radius 2 is 2.11 bits per heavy atom. The minimum Gasteiger partial charge on any atom is -0.479 e. The Kier molecular flexibility index (Phi) is 3.48. The van der Waals surface area contributed by atoms with Gasteiger partial charge in [0.05, 0.1) is 12.5 Å². The molecular formula is C12H11F2NO4. The van der Waals surface area contributed by atoms with Gasteiger partial charge in [-0.15, -0.1) is 0 Å². The lowest BCUT2D eigenvalue weighted by Gasteiger charge is -2.24. The predicted molar refractivity (Wildman–Crippen MR) is 59.1 cm³/mol. The number of carboxylic acids is 1. The number of carboxylic acid groups (broad SMARTS) is 1. The molecule has 1 aromatic carbocycles. The summed E-state index contributed by atoms with van der Waals surface area (Å²) >= 11 is 0. The number of likely N-dealkylation sites (tertiary alicyclic amines) is 1. The molecule has 5 nitrogen and oxygen atoms in total. The van der Waals surface area contributed by atoms with Crippen molar-refractivity contribution in [2.45, 2.75) is 18.6 Å². The number of carbonyl (C=O) groups is 2. The van der Waals surface area contributed by atoms with Crippen LogP contribution in [0.4, 0.5) is 8.78 Å². The van der Waals surface area contributed by atoms with E-state index in [1.54, 1.807) is 0 Å². The standard InChI is InChI=1S/C12H11F2NO4/c13-8-3-1-2-7(10(8)14)11(12(18)19)15-5-6(16)4-9(15)17/h1-3,6,11,16H,4-5H2,(H,18,19). The van der Waals surface area contributed by atoms with Crippen molar-refractivity contribution in [3.8, 4) is 0 Å². The van der Waals surface area contributed by atoms with Gasteiger partial charge in [-0.25, -0.2) is 13.6 Å². The van der Waals surface area contributed by atoms with Crippen molar-refractivity contribution in [2.75, 3.05) is 6.54 Å². The summed E-state index contributed by atoms with van der Waals surface area (Å²) in [7, 11) is 0. The topological polar surface area (TPSA) is 77.8 Å². The van der Waals surface area contributed by atoms with E-state index in [9.17, 15) is 23.5 Å². The molecule has 0 aliphatic carbocycles. The minimum atomic E-state index is -1.64. The molecule has 2 atom stereocenters. The van der Waals surface area contributed by atoms with Gasteiger partial charge in [-0.2, -0.15) is 0 Å². The fourth-order valence-electron chi connectivity index (χ4n) is 2.13. The summed E-state index contributed by atoms with van der Waals surface area (Å²) in [5, 5.41) is 18.5. The van der Waals surface area contributed by atoms with Crippen LogP contribution in [0.15, 0.2) is 18.2 Å². The first-order valence-electron chi connectivity index (χ1n) is 5.56. The first-order valence-corrected chi connectivity index (χ1v) is 5.56. The van der Waals surface area contributed by atoms with Crippen LogP contribution < -0.4 is 0 Å². The van der Waals surface area contributed by atoms with Crippen molar-refractivity contribution in [1.29, 1.82) is 0 Å². The normalized spacial score (nSPS) is 20.7. The summed E-state index contributed by atoms with van der Waals surface area (Å²) in [4.78, 5) is 23.7. The third-order valence-electron chi connectivity index (χ3n) is 2.96. The highest BCUT2D eigenvalue weighted by molar-refractivity contribution is 5.86. The molecule has 1 aliphatic rings. The molecule has 2 unspecified atom stereocenters. The van der Waals surface area contributed by atoms with Crippen molar-refractivity contribution in [3.63, 3.8) is 0 Å². The molecule has 0 radical (unpaired) electrons. The average Bonchev–Trinajstić information content (AvgIpc) is 2.64. The van der Waals surface area contributed by atoms with E-state index < -0.39 is 41.2 Å². The van der Waals surface area contributed by atoms with E-state index >= 15 is 0 Å². The van der Waals surface area contributed by atoms with Gasteiger partial charge in [0.15, 0.2) is 17.7 Å². The number of benzene rings is 1. The third kappa shape index (κ3) is 2.41. The second-order valence-corrected chi connectivity index (χ2v) is 4.29. The van der Waals surface area contributed by atoms with Crippen LogP contribution in [0.25, 0.3) is 0 Å². The Bertz CT molecular complexity index is 534. The molecule has 7 heteroatoms. The number of hydrogen-bond acceptors (Lipinski definition) is 3. The van der Waals surface area contributed by atoms with Crippen LogP contribution in [0.1, 0.15) is 18.0 Å². The Labute approximate surface area is 107 Å². The molecule has 0 bridgehead atoms. The van der Waals surface area contributed by atoms with E-state index in [4.69, 9.17) is 5.11 Å². The number of β-amino-alcohol motifs (C(OH)–C–C–N with tert-alkyl or cyclic N) is 1. The van der Waals surface area contributed by atoms with E-state index in [2.05, 4.69) is 0 Å². The van der Waals surface area contributed by atoms with Crippen molar-refractivity contribution >= 4 is 11.9 Å². The van der Waals surface area contributed by atoms with E-state index in [1.165, 1.54) is 6.07 Å². The largest absolute Gasteiger partial charge is 0.479 e. The maximum Gasteiger partial charge on any atom is 0.331 e. The van der Waals surface area contributed by atoms with Gasteiger partial charge in [0.1, 0.15) is 0 Å². The number of aliphatic hydroxyl groups excluding tert-OH is 1. The van der Waals surface area contributed by atoms with Crippen LogP contribution in [0.5, 0.6) is 0 Å². The number of carbonyl (C=O) groups excluding carboxylic acids is 1. The molecule has 1 fully saturated rings. The van der Waals surface area contributed by atoms with Gasteiger partial charge in [-0.3, -0.25) is 4.79 Å². The Balaban J connectivity index is 2.44. The summed E-state index contributed by atoms with van der Waals surface area (Å²) in [5.74, 6) is -4.57. The van der Waals surface area contributed by atoms with Gasteiger partial charge in [0.25, 0.3) is 0 Å². The number of amides is 1. The van der Waals surface area contributed by atoms with Crippen LogP contribution >= 0.6 is 0 Å². The second kappa shape index (κ2) is 4.93. The maximum atomic E-state index is 13.7. The summed E-state index contributed by atoms with van der Waals surface area (Å²) in [5.41, 5.74) is -0.435. The number of aliphatic carboxylic acids is 1. The van der Waals surface area contributed by atoms with Crippen molar-refractivity contribution in [2.24, 2.45) is 0 Å². The molecule has 2 N–H and O–H groups in total. The number of rotatable bonds is 3. The molecule has 0 saturated carbocycles. The highest BCUT2D eigenvalue weighted by atomic mass is 19.2. The average molecular weight is 271 g/mol. The fraction of sp³-hybridized carbons (Fsp3) is 0.333. The monoisotopic (exact) mass is 271 g/mol. The highest BCUT2D eigenvalue weighted by Crippen LogP contribution is 2.29. The number of hydrogen-bond donors (Lipinski definition) is 2. The van der Waals surface area contributed by atoms with E-state index in [0.717, 1.165) is 17.0 Å². The van der Waals surface area contributed by atoms with Gasteiger partial charge in [0, 0.05) is 12.1 Å². The zero-order chi connectivity index (χ0) is 14.2. The Hall–Kier alpha value is -2.02. The van der Waals surface area contributed by atoms with Crippen LogP contribution in [-0.4, -0.2) is 39.6 Å². The van der Waals surface area contributed by atoms with Gasteiger partial charge in [-0.1, -0.05) is 12.1 Å². The molecule has 1 aliphatic heterocycles. The fourth-order valence-corrected chi connectivity index (χ4v) is 2.13. The first kappa shape index (κ1) is 13.4. The van der Waals surface area contributed by atoms with Crippen molar-refractivity contribution < 1.29 is 28.6 Å². The molecule has 0 aromatic heterocycles. The second-order valence-electron chi connectivity index (χ2n) is 4.29. The van der Waals surface area contributed by atoms with Crippen molar-refractivity contribution in [1.82, 2.24) is 4.90 Å². The molecule has 1 heterocycles. The Morgan fingerprint density at radius 1 is 1.42 bits per heavy atom. The van der Waals surface area contributed by atoms with Crippen LogP contribution in [-0.2, 0) is 9.59 Å². The smallest absolute Gasteiger partial charge is 0.331 e. The van der Waals surface area contributed by atoms with Crippen LogP contribution in [0, 0.1) is 11.6 Å².